The van der Waals surface area contributed by atoms with Crippen molar-refractivity contribution >= 4 is 28.7 Å². The monoisotopic (exact) mass is 651 g/mol. The van der Waals surface area contributed by atoms with Crippen molar-refractivity contribution < 1.29 is 19.5 Å². The highest BCUT2D eigenvalue weighted by atomic mass is 16.3. The molecule has 0 aliphatic carbocycles. The van der Waals surface area contributed by atoms with Gasteiger partial charge in [0.1, 0.15) is 6.04 Å². The van der Waals surface area contributed by atoms with Crippen LogP contribution in [-0.2, 0) is 24.2 Å². The number of benzene rings is 3. The first-order valence-electron chi connectivity index (χ1n) is 16.6. The van der Waals surface area contributed by atoms with Crippen LogP contribution in [0.3, 0.4) is 0 Å². The van der Waals surface area contributed by atoms with Crippen LogP contribution < -0.4 is 16.0 Å². The van der Waals surface area contributed by atoms with E-state index >= 15 is 0 Å². The van der Waals surface area contributed by atoms with E-state index in [1.165, 1.54) is 4.90 Å². The number of carbonyl (C=O) groups is 3. The van der Waals surface area contributed by atoms with Crippen LogP contribution in [0, 0.1) is 5.92 Å². The van der Waals surface area contributed by atoms with E-state index in [1.807, 2.05) is 113 Å². The molecule has 0 spiro atoms. The molecule has 0 saturated carbocycles. The van der Waals surface area contributed by atoms with Gasteiger partial charge in [-0.2, -0.15) is 0 Å². The Morgan fingerprint density at radius 2 is 1.52 bits per heavy atom. The van der Waals surface area contributed by atoms with E-state index in [2.05, 4.69) is 20.9 Å². The van der Waals surface area contributed by atoms with Crippen LogP contribution in [-0.4, -0.2) is 63.6 Å². The zero-order valence-corrected chi connectivity index (χ0v) is 28.9. The first kappa shape index (κ1) is 36.1. The third kappa shape index (κ3) is 10.1. The van der Waals surface area contributed by atoms with Crippen molar-refractivity contribution in [1.82, 2.24) is 25.8 Å². The number of aromatic nitrogens is 1. The first-order chi connectivity index (χ1) is 22.8. The topological polar surface area (TPSA) is 124 Å². The fourth-order valence-electron chi connectivity index (χ4n) is 5.58. The Kier molecular flexibility index (Phi) is 12.3. The van der Waals surface area contributed by atoms with Crippen molar-refractivity contribution in [2.24, 2.45) is 5.92 Å². The predicted octanol–water partition coefficient (Wildman–Crippen LogP) is 5.65. The lowest BCUT2D eigenvalue weighted by molar-refractivity contribution is -0.125. The SMILES string of the molecule is CC[C@H](C)[C@H](NC(=O)N(C)Cc1ccc2ccccc2n1)C(=O)N[C@@H](Cc1ccccc1)[C@H](O)Cc1ccccc1C(=O)NC(C)(C)C. The molecule has 0 bridgehead atoms. The number of hydrogen-bond acceptors (Lipinski definition) is 5. The molecule has 0 unspecified atom stereocenters. The Morgan fingerprint density at radius 1 is 0.854 bits per heavy atom. The van der Waals surface area contributed by atoms with Gasteiger partial charge in [-0.05, 0) is 62.4 Å². The molecule has 4 aromatic rings. The standard InChI is InChI=1S/C39H49N5O4/c1-7-26(2)35(42-38(48)44(6)25-30-22-21-28-17-12-14-20-32(28)40-30)37(47)41-33(23-27-15-9-8-10-16-27)34(45)24-29-18-11-13-19-31(29)36(46)43-39(3,4)5/h8-22,26,33-35,45H,7,23-25H2,1-6H3,(H,41,47)(H,42,48)(H,43,46)/t26-,33-,34+,35-/m0/s1. The van der Waals surface area contributed by atoms with E-state index in [-0.39, 0.29) is 30.7 Å². The van der Waals surface area contributed by atoms with Crippen molar-refractivity contribution in [2.75, 3.05) is 7.05 Å². The third-order valence-electron chi connectivity index (χ3n) is 8.45. The van der Waals surface area contributed by atoms with E-state index in [0.29, 0.717) is 24.0 Å². The van der Waals surface area contributed by atoms with E-state index < -0.39 is 29.8 Å². The van der Waals surface area contributed by atoms with Crippen molar-refractivity contribution in [3.63, 3.8) is 0 Å². The zero-order chi connectivity index (χ0) is 34.8. The molecule has 1 aromatic heterocycles. The fraction of sp³-hybridized carbons (Fsp3) is 0.385. The zero-order valence-electron chi connectivity index (χ0n) is 28.9. The smallest absolute Gasteiger partial charge is 0.318 e. The second-order valence-electron chi connectivity index (χ2n) is 13.6. The lowest BCUT2D eigenvalue weighted by atomic mass is 9.92. The second kappa shape index (κ2) is 16.4. The minimum atomic E-state index is -1.02. The number of pyridine rings is 1. The van der Waals surface area contributed by atoms with Gasteiger partial charge in [0.05, 0.1) is 29.9 Å². The average Bonchev–Trinajstić information content (AvgIpc) is 3.06. The molecule has 4 atom stereocenters. The average molecular weight is 652 g/mol. The molecule has 4 N–H and O–H groups in total. The Bertz CT molecular complexity index is 1690. The van der Waals surface area contributed by atoms with Gasteiger partial charge < -0.3 is 26.0 Å². The predicted molar refractivity (Wildman–Crippen MR) is 190 cm³/mol. The summed E-state index contributed by atoms with van der Waals surface area (Å²) in [6.45, 7) is 9.90. The van der Waals surface area contributed by atoms with Crippen molar-refractivity contribution in [3.8, 4) is 0 Å². The summed E-state index contributed by atoms with van der Waals surface area (Å²) < 4.78 is 0. The number of nitrogens with zero attached hydrogens (tertiary/aromatic N) is 2. The molecule has 0 fully saturated rings. The van der Waals surface area contributed by atoms with Gasteiger partial charge in [-0.1, -0.05) is 93.1 Å². The van der Waals surface area contributed by atoms with E-state index in [9.17, 15) is 19.5 Å². The summed E-state index contributed by atoms with van der Waals surface area (Å²) in [5, 5.41) is 21.7. The van der Waals surface area contributed by atoms with Crippen LogP contribution in [0.1, 0.15) is 68.2 Å². The number of carbonyl (C=O) groups excluding carboxylic acids is 3. The van der Waals surface area contributed by atoms with Gasteiger partial charge in [0, 0.05) is 30.0 Å². The summed E-state index contributed by atoms with van der Waals surface area (Å²) in [7, 11) is 1.67. The molecule has 9 heteroatoms. The molecule has 0 radical (unpaired) electrons. The second-order valence-corrected chi connectivity index (χ2v) is 13.6. The van der Waals surface area contributed by atoms with Gasteiger partial charge >= 0.3 is 6.03 Å². The van der Waals surface area contributed by atoms with Crippen molar-refractivity contribution in [2.45, 2.75) is 84.2 Å². The summed E-state index contributed by atoms with van der Waals surface area (Å²) in [5.74, 6) is -0.789. The molecular formula is C39H49N5O4. The molecule has 3 aromatic carbocycles. The van der Waals surface area contributed by atoms with Crippen LogP contribution in [0.4, 0.5) is 4.79 Å². The Morgan fingerprint density at radius 3 is 2.23 bits per heavy atom. The lowest BCUT2D eigenvalue weighted by Crippen LogP contribution is -2.57. The number of hydrogen-bond donors (Lipinski definition) is 4. The molecule has 4 rings (SSSR count). The van der Waals surface area contributed by atoms with Crippen LogP contribution in [0.2, 0.25) is 0 Å². The number of aliphatic hydroxyl groups excluding tert-OH is 1. The number of nitrogens with one attached hydrogen (secondary N) is 3. The third-order valence-corrected chi connectivity index (χ3v) is 8.45. The molecule has 254 valence electrons. The van der Waals surface area contributed by atoms with E-state index in [1.54, 1.807) is 19.2 Å². The number of fused-ring (bicyclic) bond motifs is 1. The van der Waals surface area contributed by atoms with E-state index in [4.69, 9.17) is 0 Å². The first-order valence-corrected chi connectivity index (χ1v) is 16.6. The number of urea groups is 1. The molecule has 9 nitrogen and oxygen atoms in total. The number of aliphatic hydroxyl groups is 1. The molecular weight excluding hydrogens is 602 g/mol. The van der Waals surface area contributed by atoms with Crippen LogP contribution in [0.15, 0.2) is 91.0 Å². The Balaban J connectivity index is 1.51. The van der Waals surface area contributed by atoms with Gasteiger partial charge in [0.2, 0.25) is 5.91 Å². The number of para-hydroxylation sites is 1. The van der Waals surface area contributed by atoms with Gasteiger partial charge in [-0.15, -0.1) is 0 Å². The van der Waals surface area contributed by atoms with Crippen LogP contribution >= 0.6 is 0 Å². The van der Waals surface area contributed by atoms with Gasteiger partial charge in [-0.25, -0.2) is 4.79 Å². The maximum Gasteiger partial charge on any atom is 0.318 e. The molecule has 48 heavy (non-hydrogen) atoms. The fourth-order valence-corrected chi connectivity index (χ4v) is 5.58. The van der Waals surface area contributed by atoms with Crippen molar-refractivity contribution in [1.29, 1.82) is 0 Å². The lowest BCUT2D eigenvalue weighted by Gasteiger charge is -2.31. The molecule has 4 amide bonds. The minimum Gasteiger partial charge on any atom is -0.391 e. The highest BCUT2D eigenvalue weighted by Crippen LogP contribution is 2.18. The normalized spacial score (nSPS) is 14.0. The highest BCUT2D eigenvalue weighted by molar-refractivity contribution is 5.96. The maximum atomic E-state index is 14.0. The quantitative estimate of drug-likeness (QED) is 0.149. The minimum absolute atomic E-state index is 0.146. The number of amides is 4. The summed E-state index contributed by atoms with van der Waals surface area (Å²) in [5.41, 5.74) is 3.24. The maximum absolute atomic E-state index is 14.0. The van der Waals surface area contributed by atoms with Crippen molar-refractivity contribution in [3.05, 3.63) is 113 Å². The molecule has 0 aliphatic rings. The largest absolute Gasteiger partial charge is 0.391 e. The molecule has 0 aliphatic heterocycles. The summed E-state index contributed by atoms with van der Waals surface area (Å²) in [6, 6.07) is 26.6. The van der Waals surface area contributed by atoms with Crippen LogP contribution in [0.5, 0.6) is 0 Å². The summed E-state index contributed by atoms with van der Waals surface area (Å²) >= 11 is 0. The number of rotatable bonds is 13. The van der Waals surface area contributed by atoms with E-state index in [0.717, 1.165) is 22.2 Å². The van der Waals surface area contributed by atoms with Gasteiger partial charge in [-0.3, -0.25) is 14.6 Å². The van der Waals surface area contributed by atoms with Crippen LogP contribution in [0.25, 0.3) is 10.9 Å². The Labute approximate surface area is 284 Å². The van der Waals surface area contributed by atoms with Gasteiger partial charge in [0.25, 0.3) is 5.91 Å². The highest BCUT2D eigenvalue weighted by Gasteiger charge is 2.31. The van der Waals surface area contributed by atoms with Gasteiger partial charge in [0.15, 0.2) is 0 Å². The Hall–Kier alpha value is -4.76. The molecule has 1 heterocycles. The summed E-state index contributed by atoms with van der Waals surface area (Å²) in [6.07, 6.45) is 0.135. The molecule has 0 saturated heterocycles. The summed E-state index contributed by atoms with van der Waals surface area (Å²) in [4.78, 5) is 46.7.